The Kier molecular flexibility index (Phi) is 9.18. The number of amides is 1. The molecule has 2 heterocycles. The monoisotopic (exact) mass is 521 g/mol. The zero-order valence-corrected chi connectivity index (χ0v) is 18.6. The van der Waals surface area contributed by atoms with Gasteiger partial charge in [-0.25, -0.2) is 0 Å². The fourth-order valence-electron chi connectivity index (χ4n) is 2.81. The summed E-state index contributed by atoms with van der Waals surface area (Å²) in [6.45, 7) is -0.232. The van der Waals surface area contributed by atoms with E-state index in [-0.39, 0.29) is 34.0 Å². The minimum Gasteiger partial charge on any atom is -0.400 e. The number of hydrogen-bond acceptors (Lipinski definition) is 5. The molecule has 0 aliphatic heterocycles. The Labute approximate surface area is 200 Å². The number of rotatable bonds is 5. The summed E-state index contributed by atoms with van der Waals surface area (Å²) in [6, 6.07) is 7.92. The summed E-state index contributed by atoms with van der Waals surface area (Å²) in [4.78, 5) is 19.9. The zero-order chi connectivity index (χ0) is 26.4. The van der Waals surface area contributed by atoms with E-state index in [2.05, 4.69) is 15.3 Å². The summed E-state index contributed by atoms with van der Waals surface area (Å²) in [5, 5.41) is 19.4. The first kappa shape index (κ1) is 28.0. The largest absolute Gasteiger partial charge is 0.433 e. The number of pyridine rings is 2. The number of carbonyl (C=O) groups is 1. The Morgan fingerprint density at radius 2 is 1.69 bits per heavy atom. The van der Waals surface area contributed by atoms with Crippen LogP contribution in [0.1, 0.15) is 33.3 Å². The van der Waals surface area contributed by atoms with Gasteiger partial charge in [0.25, 0.3) is 5.91 Å². The summed E-state index contributed by atoms with van der Waals surface area (Å²) in [5.41, 5.74) is -1.35. The van der Waals surface area contributed by atoms with E-state index in [0.29, 0.717) is 0 Å². The van der Waals surface area contributed by atoms with Crippen molar-refractivity contribution in [1.82, 2.24) is 15.3 Å². The molecule has 2 aromatic heterocycles. The van der Waals surface area contributed by atoms with E-state index < -0.39 is 35.6 Å². The maximum atomic E-state index is 13.1. The van der Waals surface area contributed by atoms with Gasteiger partial charge in [-0.3, -0.25) is 14.8 Å². The lowest BCUT2D eigenvalue weighted by Gasteiger charge is -2.17. The Morgan fingerprint density at radius 3 is 2.20 bits per heavy atom. The molecule has 1 unspecified atom stereocenters. The molecule has 6 nitrogen and oxygen atoms in total. The number of nitrogens with zero attached hydrogens (tertiary/aromatic N) is 2. The van der Waals surface area contributed by atoms with Crippen LogP contribution in [0.4, 0.5) is 26.3 Å². The highest BCUT2D eigenvalue weighted by Crippen LogP contribution is 2.35. The second-order valence-electron chi connectivity index (χ2n) is 6.88. The van der Waals surface area contributed by atoms with Gasteiger partial charge in [-0.2, -0.15) is 26.3 Å². The third kappa shape index (κ3) is 7.64. The lowest BCUT2D eigenvalue weighted by Crippen LogP contribution is -2.24. The Morgan fingerprint density at radius 1 is 1.00 bits per heavy atom. The number of carbonyl (C=O) groups excluding carboxylic acids is 1. The summed E-state index contributed by atoms with van der Waals surface area (Å²) in [6.07, 6.45) is -10.3. The predicted molar refractivity (Wildman–Crippen MR) is 114 cm³/mol. The summed E-state index contributed by atoms with van der Waals surface area (Å²) >= 11 is 5.77. The molecule has 3 rings (SSSR count). The summed E-state index contributed by atoms with van der Waals surface area (Å²) < 4.78 is 77.0. The van der Waals surface area contributed by atoms with Crippen molar-refractivity contribution in [3.63, 3.8) is 0 Å². The number of halogens is 7. The Balaban J connectivity index is 0.00000210. The molecule has 35 heavy (non-hydrogen) atoms. The van der Waals surface area contributed by atoms with Crippen molar-refractivity contribution in [2.75, 3.05) is 7.11 Å². The topological polar surface area (TPSA) is 95.3 Å². The molecule has 0 saturated heterocycles. The van der Waals surface area contributed by atoms with Crippen molar-refractivity contribution >= 4 is 17.5 Å². The second kappa shape index (κ2) is 11.5. The second-order valence-corrected chi connectivity index (χ2v) is 7.32. The molecule has 0 fully saturated rings. The molecule has 13 heteroatoms. The van der Waals surface area contributed by atoms with Crippen LogP contribution in [-0.4, -0.2) is 39.4 Å². The number of nitrogens with one attached hydrogen (secondary N) is 1. The molecular weight excluding hydrogens is 504 g/mol. The molecule has 1 atom stereocenters. The third-order valence-electron chi connectivity index (χ3n) is 4.43. The molecule has 0 bridgehead atoms. The number of aliphatic hydroxyl groups excluding tert-OH is 2. The lowest BCUT2D eigenvalue weighted by molar-refractivity contribution is -0.206. The van der Waals surface area contributed by atoms with Gasteiger partial charge < -0.3 is 15.5 Å². The first-order valence-electron chi connectivity index (χ1n) is 9.61. The van der Waals surface area contributed by atoms with Crippen LogP contribution in [0.15, 0.2) is 54.9 Å². The first-order chi connectivity index (χ1) is 16.3. The average molecular weight is 522 g/mol. The maximum Gasteiger partial charge on any atom is 0.433 e. The van der Waals surface area contributed by atoms with Crippen LogP contribution in [-0.2, 0) is 12.7 Å². The van der Waals surface area contributed by atoms with Gasteiger partial charge in [0, 0.05) is 37.2 Å². The van der Waals surface area contributed by atoms with Gasteiger partial charge in [0.2, 0.25) is 0 Å². The van der Waals surface area contributed by atoms with Gasteiger partial charge in [0.05, 0.1) is 10.7 Å². The van der Waals surface area contributed by atoms with Gasteiger partial charge in [-0.15, -0.1) is 0 Å². The van der Waals surface area contributed by atoms with E-state index >= 15 is 0 Å². The van der Waals surface area contributed by atoms with Crippen molar-refractivity contribution in [2.45, 2.75) is 25.0 Å². The molecule has 188 valence electrons. The molecule has 0 spiro atoms. The molecular formula is C22H18ClF6N3O3. The normalized spacial score (nSPS) is 12.4. The highest BCUT2D eigenvalue weighted by atomic mass is 35.5. The van der Waals surface area contributed by atoms with Crippen LogP contribution in [0, 0.1) is 0 Å². The van der Waals surface area contributed by atoms with Gasteiger partial charge in [0.15, 0.2) is 6.10 Å². The lowest BCUT2D eigenvalue weighted by atomic mass is 9.99. The van der Waals surface area contributed by atoms with Gasteiger partial charge >= 0.3 is 12.4 Å². The fourth-order valence-corrected chi connectivity index (χ4v) is 2.92. The van der Waals surface area contributed by atoms with Crippen molar-refractivity contribution in [3.05, 3.63) is 82.3 Å². The number of alkyl halides is 6. The molecule has 3 N–H and O–H groups in total. The van der Waals surface area contributed by atoms with Crippen molar-refractivity contribution in [1.29, 1.82) is 0 Å². The molecule has 0 aliphatic rings. The summed E-state index contributed by atoms with van der Waals surface area (Å²) in [5.74, 6) is -0.818. The molecule has 1 amide bonds. The Bertz CT molecular complexity index is 1140. The van der Waals surface area contributed by atoms with Crippen molar-refractivity contribution < 1.29 is 41.4 Å². The van der Waals surface area contributed by atoms with Crippen LogP contribution in [0.25, 0.3) is 11.3 Å². The minimum absolute atomic E-state index is 0.119. The SMILES string of the molecule is CO.O=C(NCc1ccc(C(F)(F)F)nc1)c1cc(-c2ccc(Cl)cn2)cc(C(O)C(F)(F)F)c1. The number of hydrogen-bond donors (Lipinski definition) is 3. The molecule has 1 aromatic carbocycles. The van der Waals surface area contributed by atoms with Crippen LogP contribution >= 0.6 is 11.6 Å². The minimum atomic E-state index is -4.98. The highest BCUT2D eigenvalue weighted by Gasteiger charge is 2.40. The smallest absolute Gasteiger partial charge is 0.400 e. The predicted octanol–water partition coefficient (Wildman–Crippen LogP) is 4.95. The van der Waals surface area contributed by atoms with E-state index in [1.807, 2.05) is 0 Å². The van der Waals surface area contributed by atoms with E-state index in [1.54, 1.807) is 0 Å². The molecule has 0 aliphatic carbocycles. The van der Waals surface area contributed by atoms with E-state index in [4.69, 9.17) is 16.7 Å². The van der Waals surface area contributed by atoms with Gasteiger partial charge in [-0.1, -0.05) is 17.7 Å². The average Bonchev–Trinajstić information content (AvgIpc) is 2.82. The quantitative estimate of drug-likeness (QED) is 0.413. The number of aliphatic hydroxyl groups is 2. The zero-order valence-electron chi connectivity index (χ0n) is 17.8. The van der Waals surface area contributed by atoms with Crippen LogP contribution < -0.4 is 5.32 Å². The number of aromatic nitrogens is 2. The van der Waals surface area contributed by atoms with Crippen molar-refractivity contribution in [3.8, 4) is 11.3 Å². The van der Waals surface area contributed by atoms with E-state index in [0.717, 1.165) is 37.6 Å². The van der Waals surface area contributed by atoms with E-state index in [9.17, 15) is 36.2 Å². The fraction of sp³-hybridized carbons (Fsp3) is 0.227. The van der Waals surface area contributed by atoms with Crippen molar-refractivity contribution in [2.24, 2.45) is 0 Å². The van der Waals surface area contributed by atoms with Gasteiger partial charge in [-0.05, 0) is 47.5 Å². The molecule has 3 aromatic rings. The summed E-state index contributed by atoms with van der Waals surface area (Å²) in [7, 11) is 1.00. The first-order valence-corrected chi connectivity index (χ1v) is 9.99. The maximum absolute atomic E-state index is 13.1. The van der Waals surface area contributed by atoms with Crippen LogP contribution in [0.5, 0.6) is 0 Å². The van der Waals surface area contributed by atoms with Crippen LogP contribution in [0.3, 0.4) is 0 Å². The number of benzene rings is 1. The molecule has 0 radical (unpaired) electrons. The standard InChI is InChI=1S/C21H14ClF6N3O2.CH4O/c22-15-2-3-16(29-10-15)12-5-13(18(32)21(26,27)28)7-14(6-12)19(33)31-9-11-1-4-17(30-8-11)20(23,24)25;1-2/h1-8,10,18,32H,9H2,(H,31,33);2H,1H3. The van der Waals surface area contributed by atoms with Crippen LogP contribution in [0.2, 0.25) is 5.02 Å². The van der Waals surface area contributed by atoms with E-state index in [1.165, 1.54) is 24.4 Å². The molecule has 0 saturated carbocycles. The third-order valence-corrected chi connectivity index (χ3v) is 4.66. The Hall–Kier alpha value is -3.22. The highest BCUT2D eigenvalue weighted by molar-refractivity contribution is 6.30. The van der Waals surface area contributed by atoms with Gasteiger partial charge in [0.1, 0.15) is 5.69 Å².